The molecular weight excluding hydrogens is 224 g/mol. The lowest BCUT2D eigenvalue weighted by atomic mass is 10.1. The minimum absolute atomic E-state index is 0.0244. The van der Waals surface area contributed by atoms with E-state index in [4.69, 9.17) is 0 Å². The summed E-state index contributed by atoms with van der Waals surface area (Å²) < 4.78 is 25.9. The van der Waals surface area contributed by atoms with E-state index in [-0.39, 0.29) is 17.8 Å². The van der Waals surface area contributed by atoms with Crippen LogP contribution in [0, 0.1) is 11.6 Å². The van der Waals surface area contributed by atoms with Crippen LogP contribution in [0.3, 0.4) is 0 Å². The van der Waals surface area contributed by atoms with Crippen molar-refractivity contribution in [3.63, 3.8) is 0 Å². The average molecular weight is 239 g/mol. The van der Waals surface area contributed by atoms with Gasteiger partial charge in [0.15, 0.2) is 0 Å². The lowest BCUT2D eigenvalue weighted by Gasteiger charge is -2.04. The molecule has 0 saturated heterocycles. The van der Waals surface area contributed by atoms with Crippen molar-refractivity contribution in [2.45, 2.75) is 31.7 Å². The summed E-state index contributed by atoms with van der Waals surface area (Å²) >= 11 is 0. The molecule has 0 amide bonds. The van der Waals surface area contributed by atoms with Crippen LogP contribution in [0.1, 0.15) is 24.8 Å². The van der Waals surface area contributed by atoms with Gasteiger partial charge in [-0.1, -0.05) is 6.07 Å². The zero-order valence-corrected chi connectivity index (χ0v) is 9.51. The van der Waals surface area contributed by atoms with Gasteiger partial charge < -0.3 is 5.32 Å². The van der Waals surface area contributed by atoms with Gasteiger partial charge in [0.05, 0.1) is 0 Å². The van der Waals surface area contributed by atoms with Crippen LogP contribution in [0.5, 0.6) is 0 Å². The topological polar surface area (TPSA) is 29.1 Å². The molecule has 92 valence electrons. The van der Waals surface area contributed by atoms with E-state index in [1.54, 1.807) is 0 Å². The predicted octanol–water partition coefficient (Wildman–Crippen LogP) is 2.22. The zero-order valence-electron chi connectivity index (χ0n) is 9.51. The molecule has 0 unspecified atom stereocenters. The normalized spacial score (nSPS) is 14.9. The number of rotatable bonds is 6. The van der Waals surface area contributed by atoms with E-state index in [0.29, 0.717) is 19.0 Å². The Morgan fingerprint density at radius 1 is 1.35 bits per heavy atom. The molecule has 2 nitrogen and oxygen atoms in total. The molecule has 0 radical (unpaired) electrons. The second-order valence-electron chi connectivity index (χ2n) is 4.43. The zero-order chi connectivity index (χ0) is 12.3. The van der Waals surface area contributed by atoms with Crippen molar-refractivity contribution < 1.29 is 13.6 Å². The van der Waals surface area contributed by atoms with Crippen molar-refractivity contribution in [3.8, 4) is 0 Å². The number of benzene rings is 1. The SMILES string of the molecule is O=C(CCNC1CC1)Cc1ccc(F)cc1F. The molecule has 1 aromatic rings. The van der Waals surface area contributed by atoms with Gasteiger partial charge in [0.2, 0.25) is 0 Å². The quantitative estimate of drug-likeness (QED) is 0.824. The van der Waals surface area contributed by atoms with Crippen LogP contribution in [-0.4, -0.2) is 18.4 Å². The number of Topliss-reactive ketones (excluding diaryl/α,β-unsaturated/α-hetero) is 1. The molecule has 1 N–H and O–H groups in total. The van der Waals surface area contributed by atoms with Gasteiger partial charge in [-0.25, -0.2) is 8.78 Å². The highest BCUT2D eigenvalue weighted by Gasteiger charge is 2.20. The number of hydrogen-bond acceptors (Lipinski definition) is 2. The standard InChI is InChI=1S/C13H15F2NO/c14-10-2-1-9(13(15)8-10)7-12(17)5-6-16-11-3-4-11/h1-2,8,11,16H,3-7H2. The summed E-state index contributed by atoms with van der Waals surface area (Å²) in [6.45, 7) is 0.645. The Morgan fingerprint density at radius 3 is 2.76 bits per heavy atom. The maximum absolute atomic E-state index is 13.3. The van der Waals surface area contributed by atoms with Gasteiger partial charge in [-0.3, -0.25) is 4.79 Å². The van der Waals surface area contributed by atoms with E-state index >= 15 is 0 Å². The predicted molar refractivity (Wildman–Crippen MR) is 60.7 cm³/mol. The van der Waals surface area contributed by atoms with Gasteiger partial charge >= 0.3 is 0 Å². The molecule has 4 heteroatoms. The summed E-state index contributed by atoms with van der Waals surface area (Å²) in [6.07, 6.45) is 2.80. The minimum atomic E-state index is -0.645. The molecule has 2 rings (SSSR count). The van der Waals surface area contributed by atoms with Crippen molar-refractivity contribution in [2.24, 2.45) is 0 Å². The van der Waals surface area contributed by atoms with Crippen molar-refractivity contribution >= 4 is 5.78 Å². The summed E-state index contributed by atoms with van der Waals surface area (Å²) in [5, 5.41) is 3.22. The molecule has 0 atom stereocenters. The minimum Gasteiger partial charge on any atom is -0.314 e. The molecule has 1 fully saturated rings. The van der Waals surface area contributed by atoms with Crippen LogP contribution in [-0.2, 0) is 11.2 Å². The first-order chi connectivity index (χ1) is 8.15. The van der Waals surface area contributed by atoms with E-state index in [1.807, 2.05) is 0 Å². The molecule has 1 aromatic carbocycles. The van der Waals surface area contributed by atoms with Crippen LogP contribution in [0.2, 0.25) is 0 Å². The summed E-state index contributed by atoms with van der Waals surface area (Å²) in [4.78, 5) is 11.6. The lowest BCUT2D eigenvalue weighted by Crippen LogP contribution is -2.21. The third kappa shape index (κ3) is 3.89. The van der Waals surface area contributed by atoms with Crippen LogP contribution in [0.25, 0.3) is 0 Å². The van der Waals surface area contributed by atoms with Gasteiger partial charge in [0, 0.05) is 31.5 Å². The highest BCUT2D eigenvalue weighted by atomic mass is 19.1. The van der Waals surface area contributed by atoms with E-state index in [2.05, 4.69) is 5.32 Å². The second-order valence-corrected chi connectivity index (χ2v) is 4.43. The Balaban J connectivity index is 1.79. The molecule has 1 aliphatic rings. The maximum atomic E-state index is 13.3. The Labute approximate surface area is 99.0 Å². The number of halogens is 2. The fourth-order valence-electron chi connectivity index (χ4n) is 1.67. The molecule has 0 bridgehead atoms. The number of carbonyl (C=O) groups excluding carboxylic acids is 1. The monoisotopic (exact) mass is 239 g/mol. The van der Waals surface area contributed by atoms with Crippen molar-refractivity contribution in [2.75, 3.05) is 6.54 Å². The average Bonchev–Trinajstić information content (AvgIpc) is 3.06. The Bertz CT molecular complexity index is 416. The van der Waals surface area contributed by atoms with Crippen LogP contribution in [0.4, 0.5) is 8.78 Å². The Kier molecular flexibility index (Phi) is 3.84. The third-order valence-corrected chi connectivity index (χ3v) is 2.82. The lowest BCUT2D eigenvalue weighted by molar-refractivity contribution is -0.118. The second kappa shape index (κ2) is 5.36. The summed E-state index contributed by atoms with van der Waals surface area (Å²) in [6, 6.07) is 3.89. The first-order valence-corrected chi connectivity index (χ1v) is 5.84. The van der Waals surface area contributed by atoms with Crippen molar-refractivity contribution in [1.29, 1.82) is 0 Å². The number of ketones is 1. The Morgan fingerprint density at radius 2 is 2.12 bits per heavy atom. The fraction of sp³-hybridized carbons (Fsp3) is 0.462. The van der Waals surface area contributed by atoms with Gasteiger partial charge in [-0.2, -0.15) is 0 Å². The first kappa shape index (κ1) is 12.2. The Hall–Kier alpha value is -1.29. The molecule has 17 heavy (non-hydrogen) atoms. The molecule has 0 aliphatic heterocycles. The van der Waals surface area contributed by atoms with E-state index in [1.165, 1.54) is 25.0 Å². The van der Waals surface area contributed by atoms with E-state index < -0.39 is 11.6 Å². The van der Waals surface area contributed by atoms with Gasteiger partial charge in [-0.05, 0) is 24.5 Å². The molecule has 0 aromatic heterocycles. The van der Waals surface area contributed by atoms with Gasteiger partial charge in [-0.15, -0.1) is 0 Å². The summed E-state index contributed by atoms with van der Waals surface area (Å²) in [7, 11) is 0. The van der Waals surface area contributed by atoms with Crippen LogP contribution in [0.15, 0.2) is 18.2 Å². The van der Waals surface area contributed by atoms with Crippen LogP contribution >= 0.6 is 0 Å². The number of nitrogens with one attached hydrogen (secondary N) is 1. The number of hydrogen-bond donors (Lipinski definition) is 1. The van der Waals surface area contributed by atoms with Gasteiger partial charge in [0.1, 0.15) is 17.4 Å². The molecule has 1 aliphatic carbocycles. The van der Waals surface area contributed by atoms with Gasteiger partial charge in [0.25, 0.3) is 0 Å². The van der Waals surface area contributed by atoms with Crippen molar-refractivity contribution in [3.05, 3.63) is 35.4 Å². The van der Waals surface area contributed by atoms with E-state index in [0.717, 1.165) is 6.07 Å². The largest absolute Gasteiger partial charge is 0.314 e. The summed E-state index contributed by atoms with van der Waals surface area (Å²) in [5.41, 5.74) is 0.267. The molecular formula is C13H15F2NO. The smallest absolute Gasteiger partial charge is 0.138 e. The highest BCUT2D eigenvalue weighted by Crippen LogP contribution is 2.18. The highest BCUT2D eigenvalue weighted by molar-refractivity contribution is 5.81. The third-order valence-electron chi connectivity index (χ3n) is 2.82. The molecule has 1 saturated carbocycles. The fourth-order valence-corrected chi connectivity index (χ4v) is 1.67. The first-order valence-electron chi connectivity index (χ1n) is 5.84. The summed E-state index contributed by atoms with van der Waals surface area (Å²) in [5.74, 6) is -1.29. The van der Waals surface area contributed by atoms with Crippen molar-refractivity contribution in [1.82, 2.24) is 5.32 Å². The van der Waals surface area contributed by atoms with Crippen LogP contribution < -0.4 is 5.32 Å². The van der Waals surface area contributed by atoms with E-state index in [9.17, 15) is 13.6 Å². The molecule has 0 spiro atoms. The molecule has 0 heterocycles. The maximum Gasteiger partial charge on any atom is 0.138 e. The number of carbonyl (C=O) groups is 1.